The lowest BCUT2D eigenvalue weighted by molar-refractivity contribution is 0.281. The lowest BCUT2D eigenvalue weighted by Crippen LogP contribution is -2.20. The van der Waals surface area contributed by atoms with Gasteiger partial charge in [0.2, 0.25) is 0 Å². The predicted octanol–water partition coefficient (Wildman–Crippen LogP) is 2.76. The molecule has 2 rings (SSSR count). The topological polar surface area (TPSA) is 70.1 Å². The summed E-state index contributed by atoms with van der Waals surface area (Å²) in [6.07, 6.45) is 1.03. The molecule has 0 spiro atoms. The molecule has 3 N–H and O–H groups in total. The Kier molecular flexibility index (Phi) is 5.51. The standard InChI is InChI=1S/C16H22N4O/c1-3-9-17-14-10-15(18-12(2)11-21)20-16(19-14)13-7-5-4-6-8-13/h4-8,10,12,21H,3,9,11H2,1-2H3,(H2,17,18,19,20). The second-order valence-electron chi connectivity index (χ2n) is 4.98. The lowest BCUT2D eigenvalue weighted by Gasteiger charge is -2.14. The Balaban J connectivity index is 2.32. The molecule has 1 unspecified atom stereocenters. The third-order valence-corrected chi connectivity index (χ3v) is 2.98. The molecule has 0 bridgehead atoms. The second-order valence-corrected chi connectivity index (χ2v) is 4.98. The van der Waals surface area contributed by atoms with Gasteiger partial charge in [-0.05, 0) is 13.3 Å². The van der Waals surface area contributed by atoms with Crippen LogP contribution in [0, 0.1) is 0 Å². The van der Waals surface area contributed by atoms with E-state index < -0.39 is 0 Å². The molecular weight excluding hydrogens is 264 g/mol. The van der Waals surface area contributed by atoms with Crippen molar-refractivity contribution in [3.05, 3.63) is 36.4 Å². The summed E-state index contributed by atoms with van der Waals surface area (Å²) >= 11 is 0. The van der Waals surface area contributed by atoms with Crippen molar-refractivity contribution >= 4 is 11.6 Å². The minimum Gasteiger partial charge on any atom is -0.394 e. The summed E-state index contributed by atoms with van der Waals surface area (Å²) in [6.45, 7) is 4.94. The van der Waals surface area contributed by atoms with Gasteiger partial charge in [0.15, 0.2) is 5.82 Å². The number of nitrogens with zero attached hydrogens (tertiary/aromatic N) is 2. The molecule has 2 aromatic rings. The van der Waals surface area contributed by atoms with Gasteiger partial charge in [-0.3, -0.25) is 0 Å². The van der Waals surface area contributed by atoms with Gasteiger partial charge in [-0.2, -0.15) is 0 Å². The molecule has 0 aliphatic heterocycles. The van der Waals surface area contributed by atoms with Crippen LogP contribution >= 0.6 is 0 Å². The normalized spacial score (nSPS) is 12.0. The van der Waals surface area contributed by atoms with Crippen molar-refractivity contribution in [3.8, 4) is 11.4 Å². The van der Waals surface area contributed by atoms with E-state index in [2.05, 4.69) is 27.5 Å². The van der Waals surface area contributed by atoms with Gasteiger partial charge >= 0.3 is 0 Å². The Morgan fingerprint density at radius 3 is 2.52 bits per heavy atom. The quantitative estimate of drug-likeness (QED) is 0.730. The Bertz CT molecular complexity index is 559. The summed E-state index contributed by atoms with van der Waals surface area (Å²) in [4.78, 5) is 9.08. The molecule has 21 heavy (non-hydrogen) atoms. The second kappa shape index (κ2) is 7.59. The first-order valence-corrected chi connectivity index (χ1v) is 7.28. The van der Waals surface area contributed by atoms with E-state index in [9.17, 15) is 5.11 Å². The van der Waals surface area contributed by atoms with Crippen LogP contribution in [0.4, 0.5) is 11.6 Å². The number of hydrogen-bond donors (Lipinski definition) is 3. The van der Waals surface area contributed by atoms with Crippen molar-refractivity contribution in [2.45, 2.75) is 26.3 Å². The maximum atomic E-state index is 9.17. The molecule has 0 aliphatic carbocycles. The van der Waals surface area contributed by atoms with Crippen molar-refractivity contribution in [3.63, 3.8) is 0 Å². The van der Waals surface area contributed by atoms with E-state index in [-0.39, 0.29) is 12.6 Å². The molecule has 1 aromatic carbocycles. The Morgan fingerprint density at radius 1 is 1.14 bits per heavy atom. The van der Waals surface area contributed by atoms with Gasteiger partial charge < -0.3 is 15.7 Å². The fourth-order valence-corrected chi connectivity index (χ4v) is 1.88. The van der Waals surface area contributed by atoms with E-state index >= 15 is 0 Å². The summed E-state index contributed by atoms with van der Waals surface area (Å²) in [5, 5.41) is 15.6. The smallest absolute Gasteiger partial charge is 0.163 e. The van der Waals surface area contributed by atoms with Gasteiger partial charge in [0, 0.05) is 24.2 Å². The number of benzene rings is 1. The molecular formula is C16H22N4O. The molecule has 5 heteroatoms. The van der Waals surface area contributed by atoms with Crippen LogP contribution in [-0.4, -0.2) is 34.3 Å². The molecule has 0 saturated heterocycles. The highest BCUT2D eigenvalue weighted by molar-refractivity contribution is 5.61. The first-order valence-electron chi connectivity index (χ1n) is 7.28. The number of aliphatic hydroxyl groups excluding tert-OH is 1. The monoisotopic (exact) mass is 286 g/mol. The van der Waals surface area contributed by atoms with Gasteiger partial charge in [-0.1, -0.05) is 37.3 Å². The van der Waals surface area contributed by atoms with Gasteiger partial charge in [0.05, 0.1) is 6.61 Å². The molecule has 0 radical (unpaired) electrons. The number of anilines is 2. The highest BCUT2D eigenvalue weighted by Gasteiger charge is 2.08. The molecule has 0 aliphatic rings. The molecule has 1 atom stereocenters. The molecule has 112 valence electrons. The number of nitrogens with one attached hydrogen (secondary N) is 2. The summed E-state index contributed by atoms with van der Waals surface area (Å²) in [5.74, 6) is 2.17. The average molecular weight is 286 g/mol. The van der Waals surface area contributed by atoms with Crippen molar-refractivity contribution in [2.75, 3.05) is 23.8 Å². The van der Waals surface area contributed by atoms with Crippen LogP contribution < -0.4 is 10.6 Å². The van der Waals surface area contributed by atoms with Crippen LogP contribution in [0.3, 0.4) is 0 Å². The van der Waals surface area contributed by atoms with Crippen molar-refractivity contribution in [2.24, 2.45) is 0 Å². The van der Waals surface area contributed by atoms with Gasteiger partial charge in [0.25, 0.3) is 0 Å². The van der Waals surface area contributed by atoms with Gasteiger partial charge in [-0.15, -0.1) is 0 Å². The molecule has 0 fully saturated rings. The number of hydrogen-bond acceptors (Lipinski definition) is 5. The van der Waals surface area contributed by atoms with Crippen molar-refractivity contribution in [1.29, 1.82) is 0 Å². The molecule has 1 aromatic heterocycles. The van der Waals surface area contributed by atoms with E-state index in [1.165, 1.54) is 0 Å². The predicted molar refractivity (Wildman–Crippen MR) is 86.4 cm³/mol. The molecule has 0 amide bonds. The summed E-state index contributed by atoms with van der Waals surface area (Å²) < 4.78 is 0. The number of aliphatic hydroxyl groups is 1. The van der Waals surface area contributed by atoms with E-state index in [0.717, 1.165) is 24.3 Å². The zero-order valence-electron chi connectivity index (χ0n) is 12.5. The van der Waals surface area contributed by atoms with Crippen LogP contribution in [0.2, 0.25) is 0 Å². The van der Waals surface area contributed by atoms with Crippen LogP contribution in [-0.2, 0) is 0 Å². The molecule has 5 nitrogen and oxygen atoms in total. The van der Waals surface area contributed by atoms with Crippen LogP contribution in [0.1, 0.15) is 20.3 Å². The Morgan fingerprint density at radius 2 is 1.86 bits per heavy atom. The summed E-state index contributed by atoms with van der Waals surface area (Å²) in [5.41, 5.74) is 0.970. The minimum absolute atomic E-state index is 0.0532. The Hall–Kier alpha value is -2.14. The maximum absolute atomic E-state index is 9.17. The summed E-state index contributed by atoms with van der Waals surface area (Å²) in [6, 6.07) is 11.7. The highest BCUT2D eigenvalue weighted by Crippen LogP contribution is 2.20. The highest BCUT2D eigenvalue weighted by atomic mass is 16.3. The first kappa shape index (κ1) is 15.3. The van der Waals surface area contributed by atoms with Gasteiger partial charge in [-0.25, -0.2) is 9.97 Å². The number of rotatable bonds is 7. The first-order chi connectivity index (χ1) is 10.2. The van der Waals surface area contributed by atoms with E-state index in [1.54, 1.807) is 0 Å². The van der Waals surface area contributed by atoms with Crippen LogP contribution in [0.25, 0.3) is 11.4 Å². The zero-order chi connectivity index (χ0) is 15.1. The van der Waals surface area contributed by atoms with Crippen molar-refractivity contribution in [1.82, 2.24) is 9.97 Å². The van der Waals surface area contributed by atoms with E-state index in [1.807, 2.05) is 43.3 Å². The fourth-order valence-electron chi connectivity index (χ4n) is 1.88. The largest absolute Gasteiger partial charge is 0.394 e. The third-order valence-electron chi connectivity index (χ3n) is 2.98. The summed E-state index contributed by atoms with van der Waals surface area (Å²) in [7, 11) is 0. The Labute approximate surface area is 125 Å². The average Bonchev–Trinajstić information content (AvgIpc) is 2.53. The van der Waals surface area contributed by atoms with E-state index in [4.69, 9.17) is 0 Å². The zero-order valence-corrected chi connectivity index (χ0v) is 12.5. The number of aromatic nitrogens is 2. The fraction of sp³-hybridized carbons (Fsp3) is 0.375. The van der Waals surface area contributed by atoms with Crippen molar-refractivity contribution < 1.29 is 5.11 Å². The SMILES string of the molecule is CCCNc1cc(NC(C)CO)nc(-c2ccccc2)n1. The van der Waals surface area contributed by atoms with Crippen LogP contribution in [0.15, 0.2) is 36.4 Å². The third kappa shape index (κ3) is 4.43. The van der Waals surface area contributed by atoms with Crippen LogP contribution in [0.5, 0.6) is 0 Å². The maximum Gasteiger partial charge on any atom is 0.163 e. The van der Waals surface area contributed by atoms with Gasteiger partial charge in [0.1, 0.15) is 11.6 Å². The molecule has 1 heterocycles. The molecule has 0 saturated carbocycles. The minimum atomic E-state index is -0.0532. The van der Waals surface area contributed by atoms with E-state index in [0.29, 0.717) is 11.6 Å². The lowest BCUT2D eigenvalue weighted by atomic mass is 10.2.